The molecule has 20 heavy (non-hydrogen) atoms. The maximum atomic E-state index is 12.7. The van der Waals surface area contributed by atoms with E-state index in [-0.39, 0.29) is 17.9 Å². The molecule has 4 heteroatoms. The molecule has 2 aliphatic rings. The zero-order valence-electron chi connectivity index (χ0n) is 12.5. The molecule has 1 N–H and O–H groups in total. The first-order valence-corrected chi connectivity index (χ1v) is 7.61. The van der Waals surface area contributed by atoms with E-state index in [9.17, 15) is 14.7 Å². The minimum atomic E-state index is -0.852. The summed E-state index contributed by atoms with van der Waals surface area (Å²) in [6.45, 7) is 7.64. The van der Waals surface area contributed by atoms with Crippen molar-refractivity contribution in [2.24, 2.45) is 11.8 Å². The fourth-order valence-electron chi connectivity index (χ4n) is 3.86. The highest BCUT2D eigenvalue weighted by Gasteiger charge is 2.48. The molecule has 4 nitrogen and oxygen atoms in total. The van der Waals surface area contributed by atoms with Crippen LogP contribution in [0, 0.1) is 11.8 Å². The number of carbonyl (C=O) groups is 2. The number of nitrogens with zero attached hydrogens (tertiary/aromatic N) is 1. The van der Waals surface area contributed by atoms with Gasteiger partial charge in [-0.2, -0.15) is 0 Å². The number of hydrogen-bond acceptors (Lipinski definition) is 2. The first-order chi connectivity index (χ1) is 9.41. The predicted octanol–water partition coefficient (Wildman–Crippen LogP) is 2.83. The van der Waals surface area contributed by atoms with Crippen molar-refractivity contribution in [2.75, 3.05) is 0 Å². The maximum Gasteiger partial charge on any atom is 0.326 e. The standard InChI is InChI=1S/C16H25NO3/c1-10(2)8-11(3)15(18)17-13-7-5-4-6-12(13)9-14(17)16(19)20/h11-14H,1,4-9H2,2-3H3,(H,19,20). The van der Waals surface area contributed by atoms with Gasteiger partial charge in [0.2, 0.25) is 5.91 Å². The number of hydrogen-bond donors (Lipinski definition) is 1. The molecule has 0 bridgehead atoms. The van der Waals surface area contributed by atoms with Crippen LogP contribution in [0.2, 0.25) is 0 Å². The number of fused-ring (bicyclic) bond motifs is 1. The number of likely N-dealkylation sites (tertiary alicyclic amines) is 1. The Morgan fingerprint density at radius 3 is 2.60 bits per heavy atom. The van der Waals surface area contributed by atoms with Gasteiger partial charge in [-0.25, -0.2) is 4.79 Å². The number of aliphatic carboxylic acids is 1. The summed E-state index contributed by atoms with van der Waals surface area (Å²) in [6.07, 6.45) is 5.56. The van der Waals surface area contributed by atoms with E-state index >= 15 is 0 Å². The summed E-state index contributed by atoms with van der Waals surface area (Å²) in [5.41, 5.74) is 0.970. The summed E-state index contributed by atoms with van der Waals surface area (Å²) >= 11 is 0. The Bertz CT molecular complexity index is 418. The molecule has 1 saturated carbocycles. The summed E-state index contributed by atoms with van der Waals surface area (Å²) in [4.78, 5) is 25.9. The molecular formula is C16H25NO3. The molecule has 2 fully saturated rings. The molecule has 1 heterocycles. The fourth-order valence-corrected chi connectivity index (χ4v) is 3.86. The Morgan fingerprint density at radius 2 is 2.00 bits per heavy atom. The van der Waals surface area contributed by atoms with Crippen molar-refractivity contribution in [1.29, 1.82) is 0 Å². The SMILES string of the molecule is C=C(C)CC(C)C(=O)N1C(C(=O)O)CC2CCCCC21. The number of carbonyl (C=O) groups excluding carboxylic acids is 1. The number of carboxylic acid groups (broad SMARTS) is 1. The van der Waals surface area contributed by atoms with Crippen LogP contribution in [0.25, 0.3) is 0 Å². The Balaban J connectivity index is 2.18. The van der Waals surface area contributed by atoms with E-state index in [4.69, 9.17) is 0 Å². The van der Waals surface area contributed by atoms with Gasteiger partial charge < -0.3 is 10.0 Å². The molecule has 1 aliphatic carbocycles. The minimum Gasteiger partial charge on any atom is -0.480 e. The molecular weight excluding hydrogens is 254 g/mol. The lowest BCUT2D eigenvalue weighted by molar-refractivity contribution is -0.151. The van der Waals surface area contributed by atoms with E-state index in [0.717, 1.165) is 31.3 Å². The summed E-state index contributed by atoms with van der Waals surface area (Å²) in [6, 6.07) is -0.479. The van der Waals surface area contributed by atoms with Crippen LogP contribution in [0.3, 0.4) is 0 Å². The molecule has 112 valence electrons. The quantitative estimate of drug-likeness (QED) is 0.805. The first-order valence-electron chi connectivity index (χ1n) is 7.61. The van der Waals surface area contributed by atoms with Crippen molar-refractivity contribution >= 4 is 11.9 Å². The monoisotopic (exact) mass is 279 g/mol. The van der Waals surface area contributed by atoms with Crippen LogP contribution in [0.1, 0.15) is 52.4 Å². The second-order valence-corrected chi connectivity index (χ2v) is 6.51. The highest BCUT2D eigenvalue weighted by molar-refractivity contribution is 5.86. The van der Waals surface area contributed by atoms with Crippen molar-refractivity contribution in [1.82, 2.24) is 4.90 Å². The predicted molar refractivity (Wildman–Crippen MR) is 77.2 cm³/mol. The number of rotatable bonds is 4. The van der Waals surface area contributed by atoms with E-state index in [1.807, 2.05) is 13.8 Å². The molecule has 1 saturated heterocycles. The van der Waals surface area contributed by atoms with Gasteiger partial charge in [0.25, 0.3) is 0 Å². The van der Waals surface area contributed by atoms with Crippen molar-refractivity contribution in [2.45, 2.75) is 64.5 Å². The molecule has 4 atom stereocenters. The molecule has 2 rings (SSSR count). The Morgan fingerprint density at radius 1 is 1.35 bits per heavy atom. The van der Waals surface area contributed by atoms with Crippen LogP contribution in [0.4, 0.5) is 0 Å². The molecule has 0 spiro atoms. The molecule has 1 aliphatic heterocycles. The van der Waals surface area contributed by atoms with Gasteiger partial charge in [0.1, 0.15) is 6.04 Å². The fraction of sp³-hybridized carbons (Fsp3) is 0.750. The van der Waals surface area contributed by atoms with Crippen LogP contribution < -0.4 is 0 Å². The second kappa shape index (κ2) is 5.98. The lowest BCUT2D eigenvalue weighted by atomic mass is 9.84. The molecule has 0 aromatic heterocycles. The van der Waals surface area contributed by atoms with E-state index < -0.39 is 12.0 Å². The third-order valence-electron chi connectivity index (χ3n) is 4.70. The maximum absolute atomic E-state index is 12.7. The summed E-state index contributed by atoms with van der Waals surface area (Å²) in [5, 5.41) is 9.43. The third-order valence-corrected chi connectivity index (χ3v) is 4.70. The van der Waals surface area contributed by atoms with E-state index in [2.05, 4.69) is 6.58 Å². The summed E-state index contributed by atoms with van der Waals surface area (Å²) in [5.74, 6) is -0.647. The van der Waals surface area contributed by atoms with Gasteiger partial charge in [0, 0.05) is 12.0 Å². The topological polar surface area (TPSA) is 57.6 Å². The highest BCUT2D eigenvalue weighted by atomic mass is 16.4. The molecule has 0 radical (unpaired) electrons. The molecule has 4 unspecified atom stereocenters. The lowest BCUT2D eigenvalue weighted by Gasteiger charge is -2.34. The Kier molecular flexibility index (Phi) is 4.51. The van der Waals surface area contributed by atoms with Crippen LogP contribution in [-0.4, -0.2) is 34.0 Å². The van der Waals surface area contributed by atoms with Gasteiger partial charge in [0.05, 0.1) is 0 Å². The first kappa shape index (κ1) is 15.1. The van der Waals surface area contributed by atoms with Crippen molar-refractivity contribution in [3.05, 3.63) is 12.2 Å². The van der Waals surface area contributed by atoms with Gasteiger partial charge in [-0.15, -0.1) is 6.58 Å². The van der Waals surface area contributed by atoms with Crippen LogP contribution in [0.5, 0.6) is 0 Å². The Hall–Kier alpha value is -1.32. The lowest BCUT2D eigenvalue weighted by Crippen LogP contribution is -2.48. The third kappa shape index (κ3) is 2.89. The Labute approximate surface area is 120 Å². The number of carboxylic acids is 1. The zero-order valence-corrected chi connectivity index (χ0v) is 12.5. The molecule has 0 aromatic carbocycles. The zero-order chi connectivity index (χ0) is 14.9. The van der Waals surface area contributed by atoms with E-state index in [0.29, 0.717) is 18.8 Å². The van der Waals surface area contributed by atoms with Crippen molar-refractivity contribution in [3.63, 3.8) is 0 Å². The minimum absolute atomic E-state index is 0.00481. The summed E-state index contributed by atoms with van der Waals surface area (Å²) < 4.78 is 0. The van der Waals surface area contributed by atoms with Gasteiger partial charge in [-0.3, -0.25) is 4.79 Å². The smallest absolute Gasteiger partial charge is 0.326 e. The normalized spacial score (nSPS) is 30.7. The van der Waals surface area contributed by atoms with Crippen molar-refractivity contribution < 1.29 is 14.7 Å². The highest BCUT2D eigenvalue weighted by Crippen LogP contribution is 2.40. The average molecular weight is 279 g/mol. The van der Waals surface area contributed by atoms with Gasteiger partial charge in [0.15, 0.2) is 0 Å². The second-order valence-electron chi connectivity index (χ2n) is 6.51. The summed E-state index contributed by atoms with van der Waals surface area (Å²) in [7, 11) is 0. The van der Waals surface area contributed by atoms with Crippen LogP contribution in [0.15, 0.2) is 12.2 Å². The van der Waals surface area contributed by atoms with E-state index in [1.165, 1.54) is 0 Å². The molecule has 1 amide bonds. The van der Waals surface area contributed by atoms with Crippen LogP contribution >= 0.6 is 0 Å². The van der Waals surface area contributed by atoms with Crippen LogP contribution in [-0.2, 0) is 9.59 Å². The average Bonchev–Trinajstić information content (AvgIpc) is 2.76. The number of amides is 1. The van der Waals surface area contributed by atoms with Gasteiger partial charge in [-0.05, 0) is 38.5 Å². The number of allylic oxidation sites excluding steroid dienone is 1. The van der Waals surface area contributed by atoms with E-state index in [1.54, 1.807) is 4.90 Å². The molecule has 0 aromatic rings. The van der Waals surface area contributed by atoms with Crippen molar-refractivity contribution in [3.8, 4) is 0 Å². The van der Waals surface area contributed by atoms with Gasteiger partial charge in [-0.1, -0.05) is 25.3 Å². The largest absolute Gasteiger partial charge is 0.480 e. The van der Waals surface area contributed by atoms with Gasteiger partial charge >= 0.3 is 5.97 Å².